The summed E-state index contributed by atoms with van der Waals surface area (Å²) in [5.74, 6) is 1.21. The van der Waals surface area contributed by atoms with E-state index in [0.717, 1.165) is 57.0 Å². The zero-order chi connectivity index (χ0) is 14.7. The van der Waals surface area contributed by atoms with Crippen molar-refractivity contribution in [1.29, 1.82) is 0 Å². The Morgan fingerprint density at radius 1 is 1.43 bits per heavy atom. The highest BCUT2D eigenvalue weighted by Crippen LogP contribution is 2.28. The Kier molecular flexibility index (Phi) is 4.34. The van der Waals surface area contributed by atoms with Crippen molar-refractivity contribution in [2.24, 2.45) is 5.92 Å². The van der Waals surface area contributed by atoms with Crippen LogP contribution in [-0.4, -0.2) is 46.5 Å². The molecule has 6 nitrogen and oxygen atoms in total. The molecule has 0 spiro atoms. The first kappa shape index (κ1) is 14.3. The molecule has 2 fully saturated rings. The van der Waals surface area contributed by atoms with Crippen LogP contribution in [0.5, 0.6) is 0 Å². The molecule has 2 saturated heterocycles. The Morgan fingerprint density at radius 3 is 3.10 bits per heavy atom. The van der Waals surface area contributed by atoms with Crippen LogP contribution in [0.4, 0.5) is 5.82 Å². The van der Waals surface area contributed by atoms with E-state index in [2.05, 4.69) is 32.4 Å². The molecule has 2 aliphatic rings. The minimum atomic E-state index is 0.164. The molecule has 21 heavy (non-hydrogen) atoms. The van der Waals surface area contributed by atoms with Crippen LogP contribution >= 0.6 is 0 Å². The lowest BCUT2D eigenvalue weighted by Gasteiger charge is -2.35. The number of fused-ring (bicyclic) bond motifs is 1. The average Bonchev–Trinajstić information content (AvgIpc) is 2.89. The van der Waals surface area contributed by atoms with Gasteiger partial charge in [0.25, 0.3) is 0 Å². The smallest absolute Gasteiger partial charge is 0.224 e. The fourth-order valence-corrected chi connectivity index (χ4v) is 3.23. The summed E-state index contributed by atoms with van der Waals surface area (Å²) in [5, 5.41) is 6.21. The fraction of sp³-hybridized carbons (Fsp3) is 0.667. The zero-order valence-corrected chi connectivity index (χ0v) is 12.5. The molecule has 3 heterocycles. The van der Waals surface area contributed by atoms with E-state index in [-0.39, 0.29) is 11.8 Å². The maximum absolute atomic E-state index is 11.8. The molecule has 2 aliphatic heterocycles. The van der Waals surface area contributed by atoms with E-state index in [1.807, 2.05) is 6.20 Å². The third-order valence-electron chi connectivity index (χ3n) is 4.34. The van der Waals surface area contributed by atoms with Crippen molar-refractivity contribution in [3.63, 3.8) is 0 Å². The van der Waals surface area contributed by atoms with Crippen LogP contribution in [0.25, 0.3) is 0 Å². The minimum absolute atomic E-state index is 0.164. The van der Waals surface area contributed by atoms with Gasteiger partial charge >= 0.3 is 0 Å². The Bertz CT molecular complexity index is 489. The Balaban J connectivity index is 1.62. The van der Waals surface area contributed by atoms with E-state index < -0.39 is 0 Å². The van der Waals surface area contributed by atoms with Gasteiger partial charge in [0.15, 0.2) is 0 Å². The topological polar surface area (TPSA) is 70.2 Å². The number of carbonyl (C=O) groups is 1. The van der Waals surface area contributed by atoms with Gasteiger partial charge in [-0.1, -0.05) is 6.92 Å². The number of hydrogen-bond donors (Lipinski definition) is 2. The summed E-state index contributed by atoms with van der Waals surface area (Å²) >= 11 is 0. The van der Waals surface area contributed by atoms with Crippen LogP contribution in [0.1, 0.15) is 31.9 Å². The first-order valence-electron chi connectivity index (χ1n) is 7.84. The molecule has 2 unspecified atom stereocenters. The van der Waals surface area contributed by atoms with E-state index in [1.165, 1.54) is 0 Å². The number of carbonyl (C=O) groups excluding carboxylic acids is 1. The number of aromatic nitrogens is 2. The largest absolute Gasteiger partial charge is 0.369 e. The standard InChI is InChI=1S/C15H23N5O/c1-2-5-16-14-9-17-11(7-18-14)10-20-6-3-4-12-13(20)8-19-15(12)21/h7,9,12-13H,2-6,8,10H2,1H3,(H,16,18)(H,19,21). The molecule has 0 radical (unpaired) electrons. The summed E-state index contributed by atoms with van der Waals surface area (Å²) in [6.45, 7) is 5.62. The van der Waals surface area contributed by atoms with Crippen LogP contribution in [0, 0.1) is 5.92 Å². The first-order valence-corrected chi connectivity index (χ1v) is 7.84. The number of amides is 1. The van der Waals surface area contributed by atoms with Gasteiger partial charge in [-0.05, 0) is 25.8 Å². The maximum Gasteiger partial charge on any atom is 0.224 e. The molecule has 2 N–H and O–H groups in total. The SMILES string of the molecule is CCCNc1cnc(CN2CCCC3C(=O)NCC32)cn1. The number of anilines is 1. The molecule has 0 bridgehead atoms. The van der Waals surface area contributed by atoms with Crippen LogP contribution in [-0.2, 0) is 11.3 Å². The van der Waals surface area contributed by atoms with Crippen LogP contribution < -0.4 is 10.6 Å². The number of hydrogen-bond acceptors (Lipinski definition) is 5. The normalized spacial score (nSPS) is 25.5. The first-order chi connectivity index (χ1) is 10.3. The molecule has 114 valence electrons. The van der Waals surface area contributed by atoms with Crippen molar-refractivity contribution in [1.82, 2.24) is 20.2 Å². The van der Waals surface area contributed by atoms with E-state index in [0.29, 0.717) is 6.04 Å². The summed E-state index contributed by atoms with van der Waals surface area (Å²) in [6.07, 6.45) is 6.80. The van der Waals surface area contributed by atoms with Gasteiger partial charge in [-0.2, -0.15) is 0 Å². The third-order valence-corrected chi connectivity index (χ3v) is 4.34. The summed E-state index contributed by atoms with van der Waals surface area (Å²) in [5.41, 5.74) is 0.969. The van der Waals surface area contributed by atoms with E-state index in [4.69, 9.17) is 0 Å². The van der Waals surface area contributed by atoms with Gasteiger partial charge in [0.05, 0.1) is 24.0 Å². The summed E-state index contributed by atoms with van der Waals surface area (Å²) < 4.78 is 0. The number of nitrogens with one attached hydrogen (secondary N) is 2. The molecule has 0 saturated carbocycles. The highest BCUT2D eigenvalue weighted by Gasteiger charge is 2.40. The molecule has 3 rings (SSSR count). The van der Waals surface area contributed by atoms with Crippen molar-refractivity contribution < 1.29 is 4.79 Å². The van der Waals surface area contributed by atoms with Gasteiger partial charge < -0.3 is 10.6 Å². The number of piperidine rings is 1. The van der Waals surface area contributed by atoms with E-state index >= 15 is 0 Å². The van der Waals surface area contributed by atoms with Crippen LogP contribution in [0.2, 0.25) is 0 Å². The predicted octanol–water partition coefficient (Wildman–Crippen LogP) is 1.01. The van der Waals surface area contributed by atoms with Gasteiger partial charge in [0.2, 0.25) is 5.91 Å². The number of likely N-dealkylation sites (tertiary alicyclic amines) is 1. The molecule has 0 aromatic carbocycles. The van der Waals surface area contributed by atoms with Crippen molar-refractivity contribution in [3.05, 3.63) is 18.1 Å². The second kappa shape index (κ2) is 6.39. The predicted molar refractivity (Wildman–Crippen MR) is 80.7 cm³/mol. The van der Waals surface area contributed by atoms with Gasteiger partial charge in [-0.25, -0.2) is 4.98 Å². The molecule has 1 aromatic rings. The van der Waals surface area contributed by atoms with E-state index in [1.54, 1.807) is 6.20 Å². The second-order valence-corrected chi connectivity index (χ2v) is 5.85. The lowest BCUT2D eigenvalue weighted by molar-refractivity contribution is -0.124. The molecule has 0 aliphatic carbocycles. The van der Waals surface area contributed by atoms with Gasteiger partial charge in [-0.15, -0.1) is 0 Å². The Hall–Kier alpha value is -1.69. The molecular formula is C15H23N5O. The highest BCUT2D eigenvalue weighted by molar-refractivity contribution is 5.82. The van der Waals surface area contributed by atoms with Gasteiger partial charge in [0.1, 0.15) is 5.82 Å². The van der Waals surface area contributed by atoms with Crippen LogP contribution in [0.15, 0.2) is 12.4 Å². The molecule has 6 heteroatoms. The molecule has 1 aromatic heterocycles. The number of rotatable bonds is 5. The van der Waals surface area contributed by atoms with Crippen LogP contribution in [0.3, 0.4) is 0 Å². The second-order valence-electron chi connectivity index (χ2n) is 5.85. The summed E-state index contributed by atoms with van der Waals surface area (Å²) in [7, 11) is 0. The van der Waals surface area contributed by atoms with Crippen molar-refractivity contribution in [3.8, 4) is 0 Å². The Labute approximate surface area is 125 Å². The number of nitrogens with zero attached hydrogens (tertiary/aromatic N) is 3. The summed E-state index contributed by atoms with van der Waals surface area (Å²) in [4.78, 5) is 23.0. The summed E-state index contributed by atoms with van der Waals surface area (Å²) in [6, 6.07) is 0.325. The highest BCUT2D eigenvalue weighted by atomic mass is 16.2. The molecule has 2 atom stereocenters. The maximum atomic E-state index is 11.8. The van der Waals surface area contributed by atoms with Crippen molar-refractivity contribution >= 4 is 11.7 Å². The lowest BCUT2D eigenvalue weighted by Crippen LogP contribution is -2.45. The van der Waals surface area contributed by atoms with E-state index in [9.17, 15) is 4.79 Å². The monoisotopic (exact) mass is 289 g/mol. The zero-order valence-electron chi connectivity index (χ0n) is 12.5. The lowest BCUT2D eigenvalue weighted by atomic mass is 9.91. The van der Waals surface area contributed by atoms with Gasteiger partial charge in [0, 0.05) is 25.7 Å². The Morgan fingerprint density at radius 2 is 2.33 bits per heavy atom. The minimum Gasteiger partial charge on any atom is -0.369 e. The fourth-order valence-electron chi connectivity index (χ4n) is 3.23. The quantitative estimate of drug-likeness (QED) is 0.846. The molecule has 1 amide bonds. The van der Waals surface area contributed by atoms with Gasteiger partial charge in [-0.3, -0.25) is 14.7 Å². The molecular weight excluding hydrogens is 266 g/mol. The van der Waals surface area contributed by atoms with Crippen molar-refractivity contribution in [2.75, 3.05) is 25.0 Å². The third kappa shape index (κ3) is 3.15. The average molecular weight is 289 g/mol. The van der Waals surface area contributed by atoms with Crippen molar-refractivity contribution in [2.45, 2.75) is 38.8 Å².